The van der Waals surface area contributed by atoms with Crippen LogP contribution < -0.4 is 5.32 Å². The van der Waals surface area contributed by atoms with Gasteiger partial charge in [0.25, 0.3) is 0 Å². The highest BCUT2D eigenvalue weighted by atomic mass is 16.7. The summed E-state index contributed by atoms with van der Waals surface area (Å²) in [6.45, 7) is 3.72. The van der Waals surface area contributed by atoms with Gasteiger partial charge in [-0.1, -0.05) is 154 Å². The summed E-state index contributed by atoms with van der Waals surface area (Å²) >= 11 is 0. The molecule has 1 saturated heterocycles. The third kappa shape index (κ3) is 23.0. The summed E-state index contributed by atoms with van der Waals surface area (Å²) in [7, 11) is 0. The molecule has 1 aliphatic heterocycles. The first-order valence-corrected chi connectivity index (χ1v) is 20.1. The molecule has 0 aromatic rings. The van der Waals surface area contributed by atoms with Crippen LogP contribution in [-0.4, -0.2) is 87.5 Å². The number of ether oxygens (including phenoxy) is 2. The summed E-state index contributed by atoms with van der Waals surface area (Å²) < 4.78 is 11.1. The van der Waals surface area contributed by atoms with E-state index in [0.29, 0.717) is 6.42 Å². The first kappa shape index (κ1) is 45.7. The molecule has 6 N–H and O–H groups in total. The summed E-state index contributed by atoms with van der Waals surface area (Å²) in [5, 5.41) is 53.9. The molecule has 1 aliphatic rings. The smallest absolute Gasteiger partial charge is 0.220 e. The van der Waals surface area contributed by atoms with Crippen molar-refractivity contribution in [2.75, 3.05) is 13.2 Å². The second-order valence-electron chi connectivity index (χ2n) is 14.1. The van der Waals surface area contributed by atoms with Crippen molar-refractivity contribution in [1.82, 2.24) is 5.32 Å². The fraction of sp³-hybridized carbons (Fsp3) is 0.875. The molecule has 9 heteroatoms. The Hall–Kier alpha value is -1.33. The number of hydrogen-bond donors (Lipinski definition) is 6. The lowest BCUT2D eigenvalue weighted by molar-refractivity contribution is -0.302. The normalized spacial score (nSPS) is 22.6. The molecule has 0 saturated carbocycles. The maximum absolute atomic E-state index is 12.9. The van der Waals surface area contributed by atoms with Gasteiger partial charge in [0.2, 0.25) is 5.91 Å². The van der Waals surface area contributed by atoms with Crippen LogP contribution in [0.1, 0.15) is 168 Å². The number of carbonyl (C=O) groups excluding carboxylic acids is 1. The van der Waals surface area contributed by atoms with Gasteiger partial charge in [-0.15, -0.1) is 0 Å². The Balaban J connectivity index is 2.46. The Labute approximate surface area is 298 Å². The standard InChI is InChI=1S/C40H75NO8/c1-3-5-7-9-11-13-15-17-19-21-23-25-27-29-34(43)33(32-48-40-39(47)38(46)37(45)35(31-42)49-40)41-36(44)30-28-26-24-22-20-18-16-14-12-10-8-6-4-2/h19,21,27,29,33-35,37-40,42-43,45-47H,3-18,20,22-26,28,30-32H2,1-2H3,(H,41,44)/b21-19+,29-27+/t33-,34+,35-,37-,38?,39?,40-/m0/s1. The van der Waals surface area contributed by atoms with E-state index in [1.807, 2.05) is 6.08 Å². The number of aliphatic hydroxyl groups is 5. The van der Waals surface area contributed by atoms with Gasteiger partial charge < -0.3 is 40.3 Å². The molecule has 9 nitrogen and oxygen atoms in total. The number of allylic oxidation sites excluding steroid dienone is 3. The topological polar surface area (TPSA) is 149 Å². The van der Waals surface area contributed by atoms with Gasteiger partial charge in [0.15, 0.2) is 6.29 Å². The van der Waals surface area contributed by atoms with Crippen LogP contribution in [0.4, 0.5) is 0 Å². The molecular formula is C40H75NO8. The minimum absolute atomic E-state index is 0.189. The molecule has 2 unspecified atom stereocenters. The van der Waals surface area contributed by atoms with Gasteiger partial charge in [-0.25, -0.2) is 0 Å². The zero-order valence-corrected chi connectivity index (χ0v) is 31.2. The van der Waals surface area contributed by atoms with Gasteiger partial charge >= 0.3 is 0 Å². The average Bonchev–Trinajstić information content (AvgIpc) is 3.10. The minimum Gasteiger partial charge on any atom is -0.394 e. The van der Waals surface area contributed by atoms with Crippen molar-refractivity contribution in [3.63, 3.8) is 0 Å². The van der Waals surface area contributed by atoms with E-state index in [0.717, 1.165) is 38.5 Å². The zero-order valence-electron chi connectivity index (χ0n) is 31.2. The van der Waals surface area contributed by atoms with Crippen LogP contribution >= 0.6 is 0 Å². The molecule has 0 bridgehead atoms. The van der Waals surface area contributed by atoms with Crippen LogP contribution in [0, 0.1) is 0 Å². The second kappa shape index (κ2) is 31.4. The Morgan fingerprint density at radius 1 is 0.673 bits per heavy atom. The predicted octanol–water partition coefficient (Wildman–Crippen LogP) is 7.16. The van der Waals surface area contributed by atoms with Crippen molar-refractivity contribution in [1.29, 1.82) is 0 Å². The number of carbonyl (C=O) groups is 1. The Morgan fingerprint density at radius 2 is 1.16 bits per heavy atom. The fourth-order valence-electron chi connectivity index (χ4n) is 6.23. The van der Waals surface area contributed by atoms with Gasteiger partial charge in [-0.05, 0) is 32.1 Å². The molecule has 1 amide bonds. The lowest BCUT2D eigenvalue weighted by Crippen LogP contribution is -2.60. The number of unbranched alkanes of at least 4 members (excludes halogenated alkanes) is 20. The van der Waals surface area contributed by atoms with Gasteiger partial charge in [0, 0.05) is 6.42 Å². The molecule has 1 rings (SSSR count). The van der Waals surface area contributed by atoms with Crippen LogP contribution in [0.25, 0.3) is 0 Å². The molecule has 0 spiro atoms. The Bertz CT molecular complexity index is 822. The molecule has 1 heterocycles. The Kier molecular flexibility index (Phi) is 29.3. The minimum atomic E-state index is -1.57. The van der Waals surface area contributed by atoms with Gasteiger partial charge in [0.05, 0.1) is 25.4 Å². The van der Waals surface area contributed by atoms with Crippen LogP contribution in [0.3, 0.4) is 0 Å². The van der Waals surface area contributed by atoms with Crippen molar-refractivity contribution in [3.8, 4) is 0 Å². The Morgan fingerprint density at radius 3 is 1.71 bits per heavy atom. The third-order valence-corrected chi connectivity index (χ3v) is 9.53. The quantitative estimate of drug-likeness (QED) is 0.0320. The number of rotatable bonds is 32. The SMILES string of the molecule is CCCCCCCCC/C=C/CC/C=C/[C@@H](O)[C@H](CO[C@H]1O[C@@H](CO)[C@H](O)C(O)C1O)NC(=O)CCCCCCCCCCCCCCC. The van der Waals surface area contributed by atoms with E-state index in [1.165, 1.54) is 109 Å². The van der Waals surface area contributed by atoms with Crippen LogP contribution in [0.5, 0.6) is 0 Å². The summed E-state index contributed by atoms with van der Waals surface area (Å²) in [6.07, 6.45) is 27.9. The summed E-state index contributed by atoms with van der Waals surface area (Å²) in [5.74, 6) is -0.189. The fourth-order valence-corrected chi connectivity index (χ4v) is 6.23. The van der Waals surface area contributed by atoms with E-state index < -0.39 is 49.5 Å². The molecule has 288 valence electrons. The summed E-state index contributed by atoms with van der Waals surface area (Å²) in [5.41, 5.74) is 0. The molecular weight excluding hydrogens is 622 g/mol. The monoisotopic (exact) mass is 698 g/mol. The van der Waals surface area contributed by atoms with Gasteiger partial charge in [0.1, 0.15) is 24.4 Å². The molecule has 1 fully saturated rings. The molecule has 0 aromatic heterocycles. The first-order valence-electron chi connectivity index (χ1n) is 20.1. The molecule has 7 atom stereocenters. The lowest BCUT2D eigenvalue weighted by Gasteiger charge is -2.40. The number of amides is 1. The van der Waals surface area contributed by atoms with Crippen LogP contribution in [-0.2, 0) is 14.3 Å². The van der Waals surface area contributed by atoms with E-state index in [-0.39, 0.29) is 12.5 Å². The molecule has 0 aromatic carbocycles. The van der Waals surface area contributed by atoms with Crippen molar-refractivity contribution in [2.45, 2.75) is 211 Å². The second-order valence-corrected chi connectivity index (χ2v) is 14.1. The molecule has 0 radical (unpaired) electrons. The third-order valence-electron chi connectivity index (χ3n) is 9.53. The lowest BCUT2D eigenvalue weighted by atomic mass is 9.99. The predicted molar refractivity (Wildman–Crippen MR) is 198 cm³/mol. The van der Waals surface area contributed by atoms with Crippen molar-refractivity contribution in [3.05, 3.63) is 24.3 Å². The highest BCUT2D eigenvalue weighted by molar-refractivity contribution is 5.76. The van der Waals surface area contributed by atoms with E-state index in [4.69, 9.17) is 9.47 Å². The summed E-state index contributed by atoms with van der Waals surface area (Å²) in [4.78, 5) is 12.9. The highest BCUT2D eigenvalue weighted by Crippen LogP contribution is 2.22. The maximum Gasteiger partial charge on any atom is 0.220 e. The van der Waals surface area contributed by atoms with Crippen LogP contribution in [0.2, 0.25) is 0 Å². The largest absolute Gasteiger partial charge is 0.394 e. The highest BCUT2D eigenvalue weighted by Gasteiger charge is 2.44. The van der Waals surface area contributed by atoms with Gasteiger partial charge in [-0.2, -0.15) is 0 Å². The summed E-state index contributed by atoms with van der Waals surface area (Å²) in [6, 6.07) is -0.814. The van der Waals surface area contributed by atoms with Crippen molar-refractivity contribution >= 4 is 5.91 Å². The molecule has 0 aliphatic carbocycles. The van der Waals surface area contributed by atoms with Gasteiger partial charge in [-0.3, -0.25) is 4.79 Å². The number of nitrogens with one attached hydrogen (secondary N) is 1. The van der Waals surface area contributed by atoms with Crippen molar-refractivity contribution in [2.24, 2.45) is 0 Å². The van der Waals surface area contributed by atoms with Crippen LogP contribution in [0.15, 0.2) is 24.3 Å². The maximum atomic E-state index is 12.9. The zero-order chi connectivity index (χ0) is 36.0. The van der Waals surface area contributed by atoms with E-state index in [1.54, 1.807) is 6.08 Å². The molecule has 49 heavy (non-hydrogen) atoms. The van der Waals surface area contributed by atoms with E-state index in [2.05, 4.69) is 31.3 Å². The number of hydrogen-bond acceptors (Lipinski definition) is 8. The van der Waals surface area contributed by atoms with E-state index >= 15 is 0 Å². The van der Waals surface area contributed by atoms with Crippen molar-refractivity contribution < 1.29 is 39.8 Å². The van der Waals surface area contributed by atoms with E-state index in [9.17, 15) is 30.3 Å². The number of aliphatic hydroxyl groups excluding tert-OH is 5. The average molecular weight is 698 g/mol. The first-order chi connectivity index (χ1) is 23.8.